The first-order valence-corrected chi connectivity index (χ1v) is 9.30. The monoisotopic (exact) mass is 360 g/mol. The molecule has 126 valence electrons. The number of thioether (sulfide) groups is 1. The van der Waals surface area contributed by atoms with Gasteiger partial charge in [0.1, 0.15) is 0 Å². The van der Waals surface area contributed by atoms with Gasteiger partial charge in [0.2, 0.25) is 5.91 Å². The van der Waals surface area contributed by atoms with Crippen molar-refractivity contribution in [1.82, 2.24) is 5.43 Å². The molecule has 0 aliphatic rings. The fourth-order valence-corrected chi connectivity index (χ4v) is 3.20. The number of aryl methyl sites for hydroxylation is 1. The van der Waals surface area contributed by atoms with Gasteiger partial charge in [-0.25, -0.2) is 5.43 Å². The highest BCUT2D eigenvalue weighted by Crippen LogP contribution is 2.26. The van der Waals surface area contributed by atoms with Gasteiger partial charge in [0.05, 0.1) is 12.6 Å². The minimum Gasteiger partial charge on any atom is -0.273 e. The van der Waals surface area contributed by atoms with E-state index in [4.69, 9.17) is 11.6 Å². The van der Waals surface area contributed by atoms with E-state index in [-0.39, 0.29) is 12.3 Å². The number of carbonyl (C=O) groups excluding carboxylic acids is 1. The van der Waals surface area contributed by atoms with E-state index in [1.165, 1.54) is 5.56 Å². The van der Waals surface area contributed by atoms with Crippen molar-refractivity contribution in [3.8, 4) is 0 Å². The van der Waals surface area contributed by atoms with Crippen LogP contribution in [0.15, 0.2) is 52.5 Å². The smallest absolute Gasteiger partial charge is 0.244 e. The van der Waals surface area contributed by atoms with Gasteiger partial charge in [0, 0.05) is 9.92 Å². The normalized spacial score (nSPS) is 11.0. The Balaban J connectivity index is 1.95. The topological polar surface area (TPSA) is 41.5 Å². The van der Waals surface area contributed by atoms with Crippen LogP contribution >= 0.6 is 23.4 Å². The van der Waals surface area contributed by atoms with Crippen molar-refractivity contribution in [2.45, 2.75) is 31.6 Å². The summed E-state index contributed by atoms with van der Waals surface area (Å²) in [6.45, 7) is 4.20. The Kier molecular flexibility index (Phi) is 7.35. The van der Waals surface area contributed by atoms with E-state index in [1.54, 1.807) is 18.0 Å². The Morgan fingerprint density at radius 2 is 1.96 bits per heavy atom. The molecule has 2 aromatic rings. The van der Waals surface area contributed by atoms with Gasteiger partial charge >= 0.3 is 0 Å². The number of nitrogens with zero attached hydrogens (tertiary/aromatic N) is 1. The molecule has 0 saturated heterocycles. The van der Waals surface area contributed by atoms with Gasteiger partial charge in [-0.1, -0.05) is 49.7 Å². The second-order valence-electron chi connectivity index (χ2n) is 5.25. The van der Waals surface area contributed by atoms with Gasteiger partial charge in [-0.2, -0.15) is 5.10 Å². The Morgan fingerprint density at radius 1 is 1.21 bits per heavy atom. The van der Waals surface area contributed by atoms with Crippen LogP contribution < -0.4 is 5.43 Å². The van der Waals surface area contributed by atoms with E-state index in [0.29, 0.717) is 5.02 Å². The summed E-state index contributed by atoms with van der Waals surface area (Å²) < 4.78 is 0. The number of carbonyl (C=O) groups is 1. The van der Waals surface area contributed by atoms with Gasteiger partial charge in [-0.3, -0.25) is 4.79 Å². The summed E-state index contributed by atoms with van der Waals surface area (Å²) in [5.41, 5.74) is 5.73. The van der Waals surface area contributed by atoms with Crippen molar-refractivity contribution in [1.29, 1.82) is 0 Å². The molecule has 0 saturated carbocycles. The van der Waals surface area contributed by atoms with Crippen molar-refractivity contribution in [3.63, 3.8) is 0 Å². The first kappa shape index (κ1) is 18.6. The molecule has 1 N–H and O–H groups in total. The molecule has 0 heterocycles. The Morgan fingerprint density at radius 3 is 2.62 bits per heavy atom. The van der Waals surface area contributed by atoms with Crippen molar-refractivity contribution >= 4 is 35.5 Å². The number of rotatable bonds is 7. The molecule has 0 aliphatic carbocycles. The lowest BCUT2D eigenvalue weighted by Crippen LogP contribution is -2.20. The maximum Gasteiger partial charge on any atom is 0.244 e. The minimum atomic E-state index is -0.156. The molecule has 0 aromatic heterocycles. The predicted octanol–water partition coefficient (Wildman–Crippen LogP) is 4.71. The van der Waals surface area contributed by atoms with E-state index in [0.717, 1.165) is 28.2 Å². The molecule has 0 bridgehead atoms. The van der Waals surface area contributed by atoms with E-state index < -0.39 is 0 Å². The van der Waals surface area contributed by atoms with Gasteiger partial charge in [0.25, 0.3) is 0 Å². The largest absolute Gasteiger partial charge is 0.273 e. The molecule has 0 atom stereocenters. The van der Waals surface area contributed by atoms with Crippen LogP contribution in [0, 0.1) is 0 Å². The van der Waals surface area contributed by atoms with E-state index in [1.807, 2.05) is 30.3 Å². The summed E-state index contributed by atoms with van der Waals surface area (Å²) in [6, 6.07) is 13.7. The summed E-state index contributed by atoms with van der Waals surface area (Å²) in [6.07, 6.45) is 2.91. The zero-order valence-corrected chi connectivity index (χ0v) is 15.5. The van der Waals surface area contributed by atoms with Crippen LogP contribution in [-0.4, -0.2) is 17.9 Å². The lowest BCUT2D eigenvalue weighted by molar-refractivity contribution is -0.120. The highest BCUT2D eigenvalue weighted by Gasteiger charge is 2.08. The van der Waals surface area contributed by atoms with Crippen LogP contribution in [0.1, 0.15) is 30.5 Å². The predicted molar refractivity (Wildman–Crippen MR) is 103 cm³/mol. The maximum atomic E-state index is 12.1. The van der Waals surface area contributed by atoms with Gasteiger partial charge in [-0.05, 0) is 47.1 Å². The van der Waals surface area contributed by atoms with Crippen LogP contribution in [0.5, 0.6) is 0 Å². The third-order valence-corrected chi connectivity index (χ3v) is 4.70. The molecule has 5 heteroatoms. The van der Waals surface area contributed by atoms with Crippen LogP contribution in [-0.2, 0) is 17.6 Å². The number of hydrogen-bond donors (Lipinski definition) is 1. The number of nitrogens with one attached hydrogen (secondary N) is 1. The molecule has 3 nitrogen and oxygen atoms in total. The average Bonchev–Trinajstić information content (AvgIpc) is 2.58. The lowest BCUT2D eigenvalue weighted by atomic mass is 10.1. The molecular formula is C19H21ClN2OS. The van der Waals surface area contributed by atoms with Gasteiger partial charge in [-0.15, -0.1) is 11.8 Å². The number of hydrazone groups is 1. The minimum absolute atomic E-state index is 0.156. The second kappa shape index (κ2) is 9.50. The maximum absolute atomic E-state index is 12.1. The number of hydrogen-bond acceptors (Lipinski definition) is 3. The van der Waals surface area contributed by atoms with Crippen LogP contribution in [0.4, 0.5) is 0 Å². The molecule has 0 spiro atoms. The first-order valence-electron chi connectivity index (χ1n) is 7.94. The molecule has 1 amide bonds. The Labute approximate surface area is 152 Å². The summed E-state index contributed by atoms with van der Waals surface area (Å²) >= 11 is 7.74. The van der Waals surface area contributed by atoms with E-state index in [9.17, 15) is 4.79 Å². The molecule has 2 aromatic carbocycles. The fourth-order valence-electron chi connectivity index (χ4n) is 2.21. The zero-order chi connectivity index (χ0) is 17.4. The fraction of sp³-hybridized carbons (Fsp3) is 0.263. The van der Waals surface area contributed by atoms with E-state index in [2.05, 4.69) is 36.5 Å². The molecular weight excluding hydrogens is 340 g/mol. The van der Waals surface area contributed by atoms with Crippen molar-refractivity contribution < 1.29 is 4.79 Å². The number of amides is 1. The van der Waals surface area contributed by atoms with Crippen molar-refractivity contribution in [3.05, 3.63) is 64.2 Å². The summed E-state index contributed by atoms with van der Waals surface area (Å²) in [5, 5.41) is 4.66. The zero-order valence-electron chi connectivity index (χ0n) is 13.9. The van der Waals surface area contributed by atoms with Crippen molar-refractivity contribution in [2.24, 2.45) is 5.10 Å². The molecule has 2 rings (SSSR count). The molecule has 24 heavy (non-hydrogen) atoms. The van der Waals surface area contributed by atoms with Crippen LogP contribution in [0.25, 0.3) is 0 Å². The second-order valence-corrected chi connectivity index (χ2v) is 6.99. The van der Waals surface area contributed by atoms with E-state index >= 15 is 0 Å². The third-order valence-electron chi connectivity index (χ3n) is 3.46. The highest BCUT2D eigenvalue weighted by atomic mass is 35.5. The standard InChI is InChI=1S/C19H21ClN2OS/c1-3-14-5-7-15(8-6-14)13-21-22-19(23)12-16-11-17(20)9-10-18(16)24-4-2/h5-11,13H,3-4,12H2,1-2H3,(H,22,23)/b21-13-. The van der Waals surface area contributed by atoms with Gasteiger partial charge < -0.3 is 0 Å². The third kappa shape index (κ3) is 5.69. The van der Waals surface area contributed by atoms with Crippen LogP contribution in [0.2, 0.25) is 5.02 Å². The first-order chi connectivity index (χ1) is 11.6. The lowest BCUT2D eigenvalue weighted by Gasteiger charge is -2.08. The van der Waals surface area contributed by atoms with Crippen LogP contribution in [0.3, 0.4) is 0 Å². The SMILES string of the molecule is CCSc1ccc(Cl)cc1CC(=O)N/N=C\c1ccc(CC)cc1. The summed E-state index contributed by atoms with van der Waals surface area (Å²) in [7, 11) is 0. The Hall–Kier alpha value is -1.78. The molecule has 0 fully saturated rings. The quantitative estimate of drug-likeness (QED) is 0.441. The van der Waals surface area contributed by atoms with Gasteiger partial charge in [0.15, 0.2) is 0 Å². The summed E-state index contributed by atoms with van der Waals surface area (Å²) in [4.78, 5) is 13.2. The summed E-state index contributed by atoms with van der Waals surface area (Å²) in [5.74, 6) is 0.791. The number of benzene rings is 2. The molecule has 0 unspecified atom stereocenters. The molecule has 0 radical (unpaired) electrons. The number of halogens is 1. The Bertz CT molecular complexity index is 714. The average molecular weight is 361 g/mol. The van der Waals surface area contributed by atoms with Crippen molar-refractivity contribution in [2.75, 3.05) is 5.75 Å². The highest BCUT2D eigenvalue weighted by molar-refractivity contribution is 7.99. The molecule has 0 aliphatic heterocycles.